The summed E-state index contributed by atoms with van der Waals surface area (Å²) in [5, 5.41) is 7.39. The van der Waals surface area contributed by atoms with Crippen LogP contribution in [0.1, 0.15) is 48.1 Å². The summed E-state index contributed by atoms with van der Waals surface area (Å²) in [6.07, 6.45) is 2.74. The number of carbonyl (C=O) groups excluding carboxylic acids is 1. The zero-order valence-electron chi connectivity index (χ0n) is 18.5. The van der Waals surface area contributed by atoms with Gasteiger partial charge in [-0.15, -0.1) is 11.3 Å². The predicted octanol–water partition coefficient (Wildman–Crippen LogP) is 5.38. The Morgan fingerprint density at radius 3 is 2.72 bits per heavy atom. The highest BCUT2D eigenvalue weighted by Gasteiger charge is 2.30. The van der Waals surface area contributed by atoms with E-state index in [0.29, 0.717) is 18.0 Å². The number of methoxy groups -OCH3 is 1. The first-order valence-corrected chi connectivity index (χ1v) is 11.8. The third kappa shape index (κ3) is 3.66. The van der Waals surface area contributed by atoms with Crippen LogP contribution in [-0.4, -0.2) is 45.8 Å². The molecule has 0 N–H and O–H groups in total. The molecule has 1 atom stereocenters. The van der Waals surface area contributed by atoms with Gasteiger partial charge in [-0.05, 0) is 55.5 Å². The van der Waals surface area contributed by atoms with Crippen molar-refractivity contribution in [3.8, 4) is 16.3 Å². The normalized spacial score (nSPS) is 16.2. The quantitative estimate of drug-likeness (QED) is 0.413. The van der Waals surface area contributed by atoms with Crippen molar-refractivity contribution in [2.75, 3.05) is 20.2 Å². The van der Waals surface area contributed by atoms with Gasteiger partial charge in [-0.2, -0.15) is 5.10 Å². The van der Waals surface area contributed by atoms with Gasteiger partial charge in [0.1, 0.15) is 5.75 Å². The number of ether oxygens (including phenoxy) is 1. The van der Waals surface area contributed by atoms with E-state index < -0.39 is 0 Å². The minimum absolute atomic E-state index is 0.0505. The smallest absolute Gasteiger partial charge is 0.254 e. The molecule has 3 aromatic heterocycles. The Bertz CT molecular complexity index is 1250. The van der Waals surface area contributed by atoms with Gasteiger partial charge in [0, 0.05) is 25.0 Å². The standard InChI is InChI=1S/C25H26N4O2S/c1-16(2)29-24-21(14-26-29)20(13-22(27-24)23-5-4-12-32-23)25(30)28-11-10-18(15-28)17-6-8-19(31-3)9-7-17/h4-9,12-14,16,18H,10-11,15H2,1-3H3. The fraction of sp³-hybridized carbons (Fsp3) is 0.320. The molecular formula is C25H26N4O2S. The van der Waals surface area contributed by atoms with Crippen LogP contribution in [0.25, 0.3) is 21.6 Å². The second-order valence-corrected chi connectivity index (χ2v) is 9.41. The lowest BCUT2D eigenvalue weighted by Gasteiger charge is -2.18. The molecule has 5 rings (SSSR count). The third-order valence-corrected chi connectivity index (χ3v) is 7.01. The number of thiophene rings is 1. The van der Waals surface area contributed by atoms with Gasteiger partial charge < -0.3 is 9.64 Å². The predicted molar refractivity (Wildman–Crippen MR) is 127 cm³/mol. The number of benzene rings is 1. The Balaban J connectivity index is 1.49. The molecule has 0 aliphatic carbocycles. The number of hydrogen-bond acceptors (Lipinski definition) is 5. The Morgan fingerprint density at radius 2 is 2.03 bits per heavy atom. The molecule has 1 fully saturated rings. The summed E-state index contributed by atoms with van der Waals surface area (Å²) in [5.74, 6) is 1.23. The SMILES string of the molecule is COc1ccc(C2CCN(C(=O)c3cc(-c4cccs4)nc4c3cnn4C(C)C)C2)cc1. The maximum Gasteiger partial charge on any atom is 0.254 e. The molecule has 1 amide bonds. The van der Waals surface area contributed by atoms with Gasteiger partial charge in [-0.1, -0.05) is 18.2 Å². The summed E-state index contributed by atoms with van der Waals surface area (Å²) in [7, 11) is 1.67. The zero-order valence-corrected chi connectivity index (χ0v) is 19.3. The van der Waals surface area contributed by atoms with Gasteiger partial charge in [0.15, 0.2) is 5.65 Å². The van der Waals surface area contributed by atoms with Gasteiger partial charge in [0.2, 0.25) is 0 Å². The molecule has 1 unspecified atom stereocenters. The lowest BCUT2D eigenvalue weighted by Crippen LogP contribution is -2.28. The minimum Gasteiger partial charge on any atom is -0.497 e. The van der Waals surface area contributed by atoms with Crippen molar-refractivity contribution in [1.29, 1.82) is 0 Å². The van der Waals surface area contributed by atoms with Crippen molar-refractivity contribution < 1.29 is 9.53 Å². The van der Waals surface area contributed by atoms with E-state index in [1.54, 1.807) is 24.6 Å². The number of pyridine rings is 1. The van der Waals surface area contributed by atoms with E-state index in [4.69, 9.17) is 9.72 Å². The van der Waals surface area contributed by atoms with Gasteiger partial charge in [-0.3, -0.25) is 4.79 Å². The Hall–Kier alpha value is -3.19. The summed E-state index contributed by atoms with van der Waals surface area (Å²) in [6.45, 7) is 5.61. The van der Waals surface area contributed by atoms with Crippen molar-refractivity contribution in [1.82, 2.24) is 19.7 Å². The van der Waals surface area contributed by atoms with E-state index >= 15 is 0 Å². The molecule has 1 aliphatic rings. The average molecular weight is 447 g/mol. The molecule has 4 heterocycles. The highest BCUT2D eigenvalue weighted by Crippen LogP contribution is 2.33. The molecule has 164 valence electrons. The first-order chi connectivity index (χ1) is 15.5. The van der Waals surface area contributed by atoms with E-state index in [1.165, 1.54) is 5.56 Å². The van der Waals surface area contributed by atoms with Crippen LogP contribution in [-0.2, 0) is 0 Å². The fourth-order valence-corrected chi connectivity index (χ4v) is 5.07. The van der Waals surface area contributed by atoms with Crippen LogP contribution < -0.4 is 4.74 Å². The molecule has 0 radical (unpaired) electrons. The highest BCUT2D eigenvalue weighted by molar-refractivity contribution is 7.13. The van der Waals surface area contributed by atoms with Gasteiger partial charge in [0.05, 0.1) is 34.8 Å². The number of likely N-dealkylation sites (tertiary alicyclic amines) is 1. The van der Waals surface area contributed by atoms with Gasteiger partial charge in [-0.25, -0.2) is 9.67 Å². The monoisotopic (exact) mass is 446 g/mol. The Kier molecular flexibility index (Phi) is 5.43. The van der Waals surface area contributed by atoms with E-state index in [9.17, 15) is 4.79 Å². The van der Waals surface area contributed by atoms with E-state index in [0.717, 1.165) is 40.3 Å². The summed E-state index contributed by atoms with van der Waals surface area (Å²) in [5.41, 5.74) is 3.51. The number of rotatable bonds is 5. The van der Waals surface area contributed by atoms with Gasteiger partial charge >= 0.3 is 0 Å². The molecule has 7 heteroatoms. The Labute approximate surface area is 191 Å². The van der Waals surface area contributed by atoms with E-state index in [2.05, 4.69) is 31.1 Å². The summed E-state index contributed by atoms with van der Waals surface area (Å²) >= 11 is 1.63. The average Bonchev–Trinajstić information content (AvgIpc) is 3.58. The van der Waals surface area contributed by atoms with Crippen molar-refractivity contribution in [3.05, 3.63) is 65.2 Å². The van der Waals surface area contributed by atoms with E-state index in [-0.39, 0.29) is 11.9 Å². The number of fused-ring (bicyclic) bond motifs is 1. The van der Waals surface area contributed by atoms with Crippen molar-refractivity contribution in [2.24, 2.45) is 0 Å². The third-order valence-electron chi connectivity index (χ3n) is 6.12. The topological polar surface area (TPSA) is 60.2 Å². The van der Waals surface area contributed by atoms with Crippen molar-refractivity contribution in [3.63, 3.8) is 0 Å². The van der Waals surface area contributed by atoms with E-state index in [1.807, 2.05) is 45.3 Å². The van der Waals surface area contributed by atoms with Crippen LogP contribution in [0.4, 0.5) is 0 Å². The Morgan fingerprint density at radius 1 is 1.22 bits per heavy atom. The maximum absolute atomic E-state index is 13.7. The first-order valence-electron chi connectivity index (χ1n) is 10.9. The number of nitrogens with zero attached hydrogens (tertiary/aromatic N) is 4. The second kappa shape index (κ2) is 8.39. The fourth-order valence-electron chi connectivity index (χ4n) is 4.39. The second-order valence-electron chi connectivity index (χ2n) is 8.46. The molecule has 1 saturated heterocycles. The molecule has 4 aromatic rings. The molecule has 0 spiro atoms. The summed E-state index contributed by atoms with van der Waals surface area (Å²) < 4.78 is 7.17. The first kappa shape index (κ1) is 20.7. The molecule has 32 heavy (non-hydrogen) atoms. The van der Waals surface area contributed by atoms with Crippen LogP contribution in [0.3, 0.4) is 0 Å². The van der Waals surface area contributed by atoms with Crippen LogP contribution in [0.2, 0.25) is 0 Å². The molecular weight excluding hydrogens is 420 g/mol. The number of hydrogen-bond donors (Lipinski definition) is 0. The number of carbonyl (C=O) groups is 1. The van der Waals surface area contributed by atoms with Crippen LogP contribution in [0.5, 0.6) is 5.75 Å². The highest BCUT2D eigenvalue weighted by atomic mass is 32.1. The minimum atomic E-state index is 0.0505. The molecule has 0 saturated carbocycles. The molecule has 1 aromatic carbocycles. The zero-order chi connectivity index (χ0) is 22.2. The van der Waals surface area contributed by atoms with Gasteiger partial charge in [0.25, 0.3) is 5.91 Å². The maximum atomic E-state index is 13.7. The largest absolute Gasteiger partial charge is 0.497 e. The lowest BCUT2D eigenvalue weighted by atomic mass is 9.98. The summed E-state index contributed by atoms with van der Waals surface area (Å²) in [4.78, 5) is 21.6. The number of amides is 1. The molecule has 1 aliphatic heterocycles. The summed E-state index contributed by atoms with van der Waals surface area (Å²) in [6, 6.07) is 14.3. The van der Waals surface area contributed by atoms with Crippen molar-refractivity contribution >= 4 is 28.3 Å². The van der Waals surface area contributed by atoms with Crippen LogP contribution >= 0.6 is 11.3 Å². The van der Waals surface area contributed by atoms with Crippen LogP contribution in [0, 0.1) is 0 Å². The lowest BCUT2D eigenvalue weighted by molar-refractivity contribution is 0.0792. The number of aromatic nitrogens is 3. The molecule has 0 bridgehead atoms. The van der Waals surface area contributed by atoms with Crippen LogP contribution in [0.15, 0.2) is 54.0 Å². The molecule has 6 nitrogen and oxygen atoms in total. The van der Waals surface area contributed by atoms with Crippen molar-refractivity contribution in [2.45, 2.75) is 32.2 Å².